The number of halogens is 1. The molecule has 2 N–H and O–H groups in total. The van der Waals surface area contributed by atoms with Gasteiger partial charge in [-0.15, -0.1) is 0 Å². The van der Waals surface area contributed by atoms with Crippen LogP contribution >= 0.6 is 11.6 Å². The Bertz CT molecular complexity index is 886. The van der Waals surface area contributed by atoms with Crippen LogP contribution in [0.1, 0.15) is 22.8 Å². The fourth-order valence-corrected chi connectivity index (χ4v) is 3.03. The van der Waals surface area contributed by atoms with Crippen molar-refractivity contribution in [2.75, 3.05) is 18.4 Å². The van der Waals surface area contributed by atoms with E-state index in [1.807, 2.05) is 32.2 Å². The quantitative estimate of drug-likeness (QED) is 0.709. The smallest absolute Gasteiger partial charge is 0.252 e. The van der Waals surface area contributed by atoms with Gasteiger partial charge in [-0.2, -0.15) is 0 Å². The van der Waals surface area contributed by atoms with E-state index >= 15 is 0 Å². The zero-order valence-corrected chi connectivity index (χ0v) is 15.1. The van der Waals surface area contributed by atoms with Crippen LogP contribution in [0.4, 0.5) is 5.82 Å². The summed E-state index contributed by atoms with van der Waals surface area (Å²) in [6, 6.07) is 9.57. The lowest BCUT2D eigenvalue weighted by molar-refractivity contribution is 0.0955. The molecule has 0 saturated carbocycles. The number of carbonyl (C=O) groups excluding carboxylic acids is 1. The number of pyridine rings is 1. The van der Waals surface area contributed by atoms with E-state index in [-0.39, 0.29) is 5.91 Å². The molecule has 2 aromatic heterocycles. The van der Waals surface area contributed by atoms with Gasteiger partial charge in [0.25, 0.3) is 5.91 Å². The van der Waals surface area contributed by atoms with Crippen LogP contribution in [0, 0.1) is 0 Å². The Hall–Kier alpha value is -2.53. The van der Waals surface area contributed by atoms with Crippen LogP contribution in [0.25, 0.3) is 10.9 Å². The fraction of sp³-hybridized carbons (Fsp3) is 0.263. The molecule has 0 aliphatic carbocycles. The standard InChI is InChI=1S/C19H21ClN4O/c1-3-21-19(25)13-4-7-18(23-11-13)22-9-8-14-12-24(2)17-10-15(20)5-6-16(14)17/h4-7,10-12H,3,8-9H2,1-2H3,(H,21,25)(H,22,23). The average Bonchev–Trinajstić information content (AvgIpc) is 2.91. The Balaban J connectivity index is 1.62. The molecule has 0 atom stereocenters. The fourth-order valence-electron chi connectivity index (χ4n) is 2.86. The van der Waals surface area contributed by atoms with Gasteiger partial charge in [-0.25, -0.2) is 4.98 Å². The van der Waals surface area contributed by atoms with Gasteiger partial charge in [-0.05, 0) is 43.2 Å². The Morgan fingerprint density at radius 3 is 2.84 bits per heavy atom. The van der Waals surface area contributed by atoms with Crippen molar-refractivity contribution >= 4 is 34.2 Å². The third-order valence-corrected chi connectivity index (χ3v) is 4.33. The molecule has 3 aromatic rings. The predicted octanol–water partition coefficient (Wildman–Crippen LogP) is 3.63. The van der Waals surface area contributed by atoms with Crippen LogP contribution in [0.15, 0.2) is 42.7 Å². The maximum atomic E-state index is 11.7. The maximum Gasteiger partial charge on any atom is 0.252 e. The lowest BCUT2D eigenvalue weighted by atomic mass is 10.1. The number of benzene rings is 1. The average molecular weight is 357 g/mol. The van der Waals surface area contributed by atoms with Gasteiger partial charge in [-0.3, -0.25) is 4.79 Å². The van der Waals surface area contributed by atoms with Crippen molar-refractivity contribution in [2.24, 2.45) is 7.05 Å². The number of rotatable bonds is 6. The summed E-state index contributed by atoms with van der Waals surface area (Å²) in [4.78, 5) is 16.0. The molecule has 1 aromatic carbocycles. The van der Waals surface area contributed by atoms with E-state index in [0.29, 0.717) is 12.1 Å². The molecule has 0 fully saturated rings. The molecule has 130 valence electrons. The molecule has 0 aliphatic rings. The number of fused-ring (bicyclic) bond motifs is 1. The van der Waals surface area contributed by atoms with E-state index in [1.54, 1.807) is 12.3 Å². The summed E-state index contributed by atoms with van der Waals surface area (Å²) in [6.45, 7) is 3.26. The molecule has 3 rings (SSSR count). The lowest BCUT2D eigenvalue weighted by Crippen LogP contribution is -2.22. The minimum Gasteiger partial charge on any atom is -0.370 e. The number of anilines is 1. The molecule has 1 amide bonds. The zero-order chi connectivity index (χ0) is 17.8. The van der Waals surface area contributed by atoms with Gasteiger partial charge in [0, 0.05) is 48.5 Å². The van der Waals surface area contributed by atoms with E-state index in [4.69, 9.17) is 11.6 Å². The van der Waals surface area contributed by atoms with E-state index in [0.717, 1.165) is 29.3 Å². The highest BCUT2D eigenvalue weighted by molar-refractivity contribution is 6.31. The molecule has 0 unspecified atom stereocenters. The molecule has 25 heavy (non-hydrogen) atoms. The van der Waals surface area contributed by atoms with Gasteiger partial charge < -0.3 is 15.2 Å². The molecule has 0 aliphatic heterocycles. The summed E-state index contributed by atoms with van der Waals surface area (Å²) in [5.41, 5.74) is 2.96. The van der Waals surface area contributed by atoms with Crippen molar-refractivity contribution in [2.45, 2.75) is 13.3 Å². The van der Waals surface area contributed by atoms with Crippen LogP contribution < -0.4 is 10.6 Å². The summed E-state index contributed by atoms with van der Waals surface area (Å²) in [5.74, 6) is 0.660. The second-order valence-corrected chi connectivity index (χ2v) is 6.33. The van der Waals surface area contributed by atoms with Gasteiger partial charge in [0.2, 0.25) is 0 Å². The highest BCUT2D eigenvalue weighted by Gasteiger charge is 2.08. The number of carbonyl (C=O) groups is 1. The number of nitrogens with zero attached hydrogens (tertiary/aromatic N) is 2. The first-order valence-electron chi connectivity index (χ1n) is 8.30. The Kier molecular flexibility index (Phi) is 5.24. The second kappa shape index (κ2) is 7.57. The maximum absolute atomic E-state index is 11.7. The van der Waals surface area contributed by atoms with Gasteiger partial charge in [0.05, 0.1) is 5.56 Å². The molecule has 0 saturated heterocycles. The molecular weight excluding hydrogens is 336 g/mol. The molecule has 5 nitrogen and oxygen atoms in total. The summed E-state index contributed by atoms with van der Waals surface area (Å²) in [5, 5.41) is 8.02. The van der Waals surface area contributed by atoms with Crippen molar-refractivity contribution in [1.29, 1.82) is 0 Å². The van der Waals surface area contributed by atoms with E-state index in [2.05, 4.69) is 32.4 Å². The first-order valence-corrected chi connectivity index (χ1v) is 8.68. The van der Waals surface area contributed by atoms with Gasteiger partial charge in [-0.1, -0.05) is 17.7 Å². The summed E-state index contributed by atoms with van der Waals surface area (Å²) in [6.07, 6.45) is 4.60. The lowest BCUT2D eigenvalue weighted by Gasteiger charge is -2.06. The molecular formula is C19H21ClN4O. The zero-order valence-electron chi connectivity index (χ0n) is 14.3. The summed E-state index contributed by atoms with van der Waals surface area (Å²) >= 11 is 6.08. The summed E-state index contributed by atoms with van der Waals surface area (Å²) in [7, 11) is 2.03. The molecule has 2 heterocycles. The van der Waals surface area contributed by atoms with E-state index in [9.17, 15) is 4.79 Å². The van der Waals surface area contributed by atoms with Crippen molar-refractivity contribution in [3.8, 4) is 0 Å². The summed E-state index contributed by atoms with van der Waals surface area (Å²) < 4.78 is 2.09. The van der Waals surface area contributed by atoms with Crippen LogP contribution in [0.5, 0.6) is 0 Å². The van der Waals surface area contributed by atoms with Crippen molar-refractivity contribution in [1.82, 2.24) is 14.9 Å². The third kappa shape index (κ3) is 3.94. The van der Waals surface area contributed by atoms with Gasteiger partial charge in [0.15, 0.2) is 0 Å². The van der Waals surface area contributed by atoms with Crippen LogP contribution in [0.3, 0.4) is 0 Å². The minimum atomic E-state index is -0.101. The Morgan fingerprint density at radius 2 is 2.12 bits per heavy atom. The topological polar surface area (TPSA) is 59.0 Å². The number of hydrogen-bond donors (Lipinski definition) is 2. The highest BCUT2D eigenvalue weighted by Crippen LogP contribution is 2.24. The van der Waals surface area contributed by atoms with Gasteiger partial charge in [0.1, 0.15) is 5.82 Å². The number of amides is 1. The highest BCUT2D eigenvalue weighted by atomic mass is 35.5. The Labute approximate surface area is 152 Å². The van der Waals surface area contributed by atoms with Crippen molar-refractivity contribution in [3.05, 3.63) is 58.9 Å². The molecule has 0 spiro atoms. The number of aryl methyl sites for hydroxylation is 1. The van der Waals surface area contributed by atoms with Crippen molar-refractivity contribution in [3.63, 3.8) is 0 Å². The van der Waals surface area contributed by atoms with E-state index < -0.39 is 0 Å². The normalized spacial score (nSPS) is 10.8. The molecule has 0 radical (unpaired) electrons. The monoisotopic (exact) mass is 356 g/mol. The minimum absolute atomic E-state index is 0.101. The SMILES string of the molecule is CCNC(=O)c1ccc(NCCc2cn(C)c3cc(Cl)ccc23)nc1. The van der Waals surface area contributed by atoms with Gasteiger partial charge >= 0.3 is 0 Å². The second-order valence-electron chi connectivity index (χ2n) is 5.90. The number of aromatic nitrogens is 2. The Morgan fingerprint density at radius 1 is 1.28 bits per heavy atom. The van der Waals surface area contributed by atoms with Crippen LogP contribution in [-0.4, -0.2) is 28.5 Å². The number of hydrogen-bond acceptors (Lipinski definition) is 3. The van der Waals surface area contributed by atoms with Crippen LogP contribution in [0.2, 0.25) is 5.02 Å². The molecule has 6 heteroatoms. The third-order valence-electron chi connectivity index (χ3n) is 4.10. The first-order chi connectivity index (χ1) is 12.1. The molecule has 0 bridgehead atoms. The predicted molar refractivity (Wildman–Crippen MR) is 102 cm³/mol. The van der Waals surface area contributed by atoms with Crippen molar-refractivity contribution < 1.29 is 4.79 Å². The van der Waals surface area contributed by atoms with Crippen LogP contribution in [-0.2, 0) is 13.5 Å². The van der Waals surface area contributed by atoms with E-state index in [1.165, 1.54) is 10.9 Å². The first kappa shape index (κ1) is 17.3. The number of nitrogens with one attached hydrogen (secondary N) is 2. The largest absolute Gasteiger partial charge is 0.370 e.